The van der Waals surface area contributed by atoms with Gasteiger partial charge in [-0.15, -0.1) is 11.8 Å². The Labute approximate surface area is 109 Å². The SMILES string of the molecule is CCCCCSc1cc(NC)nc(C(C)C)n1. The van der Waals surface area contributed by atoms with Crippen LogP contribution < -0.4 is 5.32 Å². The molecule has 3 nitrogen and oxygen atoms in total. The Morgan fingerprint density at radius 1 is 1.29 bits per heavy atom. The molecule has 0 fully saturated rings. The second kappa shape index (κ2) is 7.54. The van der Waals surface area contributed by atoms with Crippen LogP contribution in [0, 0.1) is 0 Å². The van der Waals surface area contributed by atoms with E-state index in [1.807, 2.05) is 24.9 Å². The largest absolute Gasteiger partial charge is 0.373 e. The molecule has 0 aliphatic rings. The number of aromatic nitrogens is 2. The Morgan fingerprint density at radius 2 is 2.06 bits per heavy atom. The standard InChI is InChI=1S/C13H23N3S/c1-5-6-7-8-17-12-9-11(14-4)15-13(16-12)10(2)3/h9-10H,5-8H2,1-4H3,(H,14,15,16). The lowest BCUT2D eigenvalue weighted by molar-refractivity contribution is 0.753. The lowest BCUT2D eigenvalue weighted by Gasteiger charge is -2.09. The highest BCUT2D eigenvalue weighted by Gasteiger charge is 2.07. The molecule has 1 aromatic rings. The van der Waals surface area contributed by atoms with Crippen molar-refractivity contribution in [1.82, 2.24) is 9.97 Å². The molecule has 0 bridgehead atoms. The second-order valence-corrected chi connectivity index (χ2v) is 5.53. The van der Waals surface area contributed by atoms with E-state index >= 15 is 0 Å². The van der Waals surface area contributed by atoms with Crippen molar-refractivity contribution in [3.05, 3.63) is 11.9 Å². The first-order valence-electron chi connectivity index (χ1n) is 6.37. The number of hydrogen-bond acceptors (Lipinski definition) is 4. The van der Waals surface area contributed by atoms with Gasteiger partial charge in [0.05, 0.1) is 0 Å². The molecule has 0 spiro atoms. The molecule has 1 N–H and O–H groups in total. The summed E-state index contributed by atoms with van der Waals surface area (Å²) in [4.78, 5) is 9.05. The number of hydrogen-bond donors (Lipinski definition) is 1. The topological polar surface area (TPSA) is 37.8 Å². The molecule has 0 saturated heterocycles. The number of nitrogens with zero attached hydrogens (tertiary/aromatic N) is 2. The Bertz CT molecular complexity index is 339. The average Bonchev–Trinajstić information content (AvgIpc) is 2.34. The lowest BCUT2D eigenvalue weighted by atomic mass is 10.2. The summed E-state index contributed by atoms with van der Waals surface area (Å²) in [7, 11) is 1.90. The van der Waals surface area contributed by atoms with Gasteiger partial charge in [0, 0.05) is 19.0 Å². The lowest BCUT2D eigenvalue weighted by Crippen LogP contribution is -2.03. The van der Waals surface area contributed by atoms with Gasteiger partial charge in [-0.1, -0.05) is 33.6 Å². The molecule has 1 heterocycles. The van der Waals surface area contributed by atoms with E-state index in [1.54, 1.807) is 0 Å². The Balaban J connectivity index is 2.66. The van der Waals surface area contributed by atoms with Crippen LogP contribution in [0.3, 0.4) is 0 Å². The van der Waals surface area contributed by atoms with E-state index < -0.39 is 0 Å². The number of unbranched alkanes of at least 4 members (excludes halogenated alkanes) is 2. The second-order valence-electron chi connectivity index (χ2n) is 4.41. The third-order valence-electron chi connectivity index (χ3n) is 2.49. The van der Waals surface area contributed by atoms with Gasteiger partial charge in [-0.05, 0) is 12.2 Å². The van der Waals surface area contributed by atoms with Gasteiger partial charge >= 0.3 is 0 Å². The molecule has 0 aliphatic heterocycles. The van der Waals surface area contributed by atoms with Crippen molar-refractivity contribution in [3.8, 4) is 0 Å². The number of thioether (sulfide) groups is 1. The normalized spacial score (nSPS) is 10.9. The van der Waals surface area contributed by atoms with E-state index in [0.717, 1.165) is 22.4 Å². The highest BCUT2D eigenvalue weighted by Crippen LogP contribution is 2.22. The van der Waals surface area contributed by atoms with Crippen LogP contribution in [0.4, 0.5) is 5.82 Å². The minimum atomic E-state index is 0.373. The molecule has 17 heavy (non-hydrogen) atoms. The van der Waals surface area contributed by atoms with E-state index in [-0.39, 0.29) is 0 Å². The van der Waals surface area contributed by atoms with Crippen LogP contribution in [0.1, 0.15) is 51.8 Å². The highest BCUT2D eigenvalue weighted by molar-refractivity contribution is 7.99. The van der Waals surface area contributed by atoms with Crippen LogP contribution in [-0.2, 0) is 0 Å². The Kier molecular flexibility index (Phi) is 6.34. The first kappa shape index (κ1) is 14.3. The van der Waals surface area contributed by atoms with Crippen LogP contribution in [-0.4, -0.2) is 22.8 Å². The summed E-state index contributed by atoms with van der Waals surface area (Å²) >= 11 is 1.83. The molecular weight excluding hydrogens is 230 g/mol. The average molecular weight is 253 g/mol. The molecule has 1 rings (SSSR count). The van der Waals surface area contributed by atoms with E-state index in [2.05, 4.69) is 36.1 Å². The molecule has 0 unspecified atom stereocenters. The number of rotatable bonds is 7. The zero-order valence-electron chi connectivity index (χ0n) is 11.3. The van der Waals surface area contributed by atoms with Crippen molar-refractivity contribution < 1.29 is 0 Å². The van der Waals surface area contributed by atoms with Crippen molar-refractivity contribution in [2.24, 2.45) is 0 Å². The van der Waals surface area contributed by atoms with Crippen LogP contribution in [0.25, 0.3) is 0 Å². The summed E-state index contributed by atoms with van der Waals surface area (Å²) in [6.07, 6.45) is 3.83. The van der Waals surface area contributed by atoms with Crippen LogP contribution in [0.2, 0.25) is 0 Å². The van der Waals surface area contributed by atoms with Crippen LogP contribution in [0.5, 0.6) is 0 Å². The maximum Gasteiger partial charge on any atom is 0.134 e. The zero-order chi connectivity index (χ0) is 12.7. The third kappa shape index (κ3) is 4.94. The maximum absolute atomic E-state index is 4.59. The van der Waals surface area contributed by atoms with Crippen molar-refractivity contribution >= 4 is 17.6 Å². The molecule has 0 amide bonds. The minimum Gasteiger partial charge on any atom is -0.373 e. The summed E-state index contributed by atoms with van der Waals surface area (Å²) in [5.41, 5.74) is 0. The van der Waals surface area contributed by atoms with Crippen molar-refractivity contribution in [2.45, 2.75) is 51.0 Å². The van der Waals surface area contributed by atoms with Crippen LogP contribution >= 0.6 is 11.8 Å². The van der Waals surface area contributed by atoms with Gasteiger partial charge < -0.3 is 5.32 Å². The smallest absolute Gasteiger partial charge is 0.134 e. The van der Waals surface area contributed by atoms with Crippen LogP contribution in [0.15, 0.2) is 11.1 Å². The zero-order valence-corrected chi connectivity index (χ0v) is 12.1. The molecule has 0 aromatic carbocycles. The Hall–Kier alpha value is -0.770. The predicted molar refractivity (Wildman–Crippen MR) is 75.9 cm³/mol. The highest BCUT2D eigenvalue weighted by atomic mass is 32.2. The summed E-state index contributed by atoms with van der Waals surface area (Å²) in [5, 5.41) is 4.19. The van der Waals surface area contributed by atoms with Gasteiger partial charge in [-0.2, -0.15) is 0 Å². The van der Waals surface area contributed by atoms with E-state index in [1.165, 1.54) is 19.3 Å². The van der Waals surface area contributed by atoms with Gasteiger partial charge in [0.1, 0.15) is 16.7 Å². The molecule has 4 heteroatoms. The summed E-state index contributed by atoms with van der Waals surface area (Å²) in [6, 6.07) is 2.03. The summed E-state index contributed by atoms with van der Waals surface area (Å²) < 4.78 is 0. The quantitative estimate of drug-likeness (QED) is 0.454. The van der Waals surface area contributed by atoms with Gasteiger partial charge in [0.2, 0.25) is 0 Å². The first-order chi connectivity index (χ1) is 8.17. The Morgan fingerprint density at radius 3 is 2.65 bits per heavy atom. The third-order valence-corrected chi connectivity index (χ3v) is 3.49. The van der Waals surface area contributed by atoms with Gasteiger partial charge in [0.25, 0.3) is 0 Å². The number of nitrogens with one attached hydrogen (secondary N) is 1. The van der Waals surface area contributed by atoms with Crippen molar-refractivity contribution in [3.63, 3.8) is 0 Å². The molecule has 0 saturated carbocycles. The van der Waals surface area contributed by atoms with Crippen molar-refractivity contribution in [1.29, 1.82) is 0 Å². The predicted octanol–water partition coefficient (Wildman–Crippen LogP) is 3.92. The molecule has 0 aliphatic carbocycles. The number of anilines is 1. The fourth-order valence-corrected chi connectivity index (χ4v) is 2.34. The van der Waals surface area contributed by atoms with E-state index in [4.69, 9.17) is 0 Å². The molecular formula is C13H23N3S. The monoisotopic (exact) mass is 253 g/mol. The van der Waals surface area contributed by atoms with E-state index in [9.17, 15) is 0 Å². The fraction of sp³-hybridized carbons (Fsp3) is 0.692. The van der Waals surface area contributed by atoms with E-state index in [0.29, 0.717) is 5.92 Å². The van der Waals surface area contributed by atoms with Gasteiger partial charge in [0.15, 0.2) is 0 Å². The molecule has 0 atom stereocenters. The molecule has 0 radical (unpaired) electrons. The fourth-order valence-electron chi connectivity index (χ4n) is 1.43. The first-order valence-corrected chi connectivity index (χ1v) is 7.35. The molecule has 1 aromatic heterocycles. The van der Waals surface area contributed by atoms with Gasteiger partial charge in [-0.3, -0.25) is 0 Å². The summed E-state index contributed by atoms with van der Waals surface area (Å²) in [5.74, 6) is 3.36. The van der Waals surface area contributed by atoms with Crippen molar-refractivity contribution in [2.75, 3.05) is 18.1 Å². The molecule has 96 valence electrons. The summed E-state index contributed by atoms with van der Waals surface area (Å²) in [6.45, 7) is 6.48. The maximum atomic E-state index is 4.59. The van der Waals surface area contributed by atoms with Gasteiger partial charge in [-0.25, -0.2) is 9.97 Å². The minimum absolute atomic E-state index is 0.373.